The molecule has 0 fully saturated rings. The van der Waals surface area contributed by atoms with E-state index in [9.17, 15) is 4.79 Å². The Balaban J connectivity index is 2.81. The van der Waals surface area contributed by atoms with E-state index in [1.54, 1.807) is 0 Å². The third-order valence-electron chi connectivity index (χ3n) is 0.572. The lowest BCUT2D eigenvalue weighted by Crippen LogP contribution is -2.16. The molecule has 0 saturated carbocycles. The van der Waals surface area contributed by atoms with Gasteiger partial charge in [0.2, 0.25) is 5.78 Å². The Morgan fingerprint density at radius 2 is 2.57 bits per heavy atom. The van der Waals surface area contributed by atoms with Crippen molar-refractivity contribution >= 4 is 29.2 Å². The molecule has 7 heavy (non-hydrogen) atoms. The summed E-state index contributed by atoms with van der Waals surface area (Å²) in [4.78, 5) is 10.4. The molecule has 0 saturated heterocycles. The molecule has 0 aromatic rings. The van der Waals surface area contributed by atoms with Crippen LogP contribution in [0.15, 0.2) is 5.10 Å². The van der Waals surface area contributed by atoms with Crippen molar-refractivity contribution in [2.24, 2.45) is 5.10 Å². The Hall–Kier alpha value is -0.770. The SMILES string of the molecule is O=C1C=NNC1=S. The van der Waals surface area contributed by atoms with Crippen LogP contribution in [0.4, 0.5) is 0 Å². The fourth-order valence-electron chi connectivity index (χ4n) is 0.263. The van der Waals surface area contributed by atoms with Gasteiger partial charge in [0.15, 0.2) is 4.99 Å². The van der Waals surface area contributed by atoms with Crippen LogP contribution in [0.2, 0.25) is 0 Å². The first kappa shape index (κ1) is 4.39. The number of hydrogen-bond acceptors (Lipinski definition) is 3. The Labute approximate surface area is 45.4 Å². The standard InChI is InChI=1S/C3H2N2OS/c6-2-1-4-5-3(2)7/h1H,(H,5,6,7). The van der Waals surface area contributed by atoms with Crippen LogP contribution in [0, 0.1) is 0 Å². The maximum atomic E-state index is 10.2. The molecule has 4 heteroatoms. The van der Waals surface area contributed by atoms with Crippen LogP contribution >= 0.6 is 12.2 Å². The summed E-state index contributed by atoms with van der Waals surface area (Å²) in [5.41, 5.74) is 2.32. The first-order valence-corrected chi connectivity index (χ1v) is 2.09. The van der Waals surface area contributed by atoms with Gasteiger partial charge in [-0.15, -0.1) is 0 Å². The van der Waals surface area contributed by atoms with Gasteiger partial charge in [-0.25, -0.2) is 0 Å². The molecule has 0 atom stereocenters. The summed E-state index contributed by atoms with van der Waals surface area (Å²) < 4.78 is 0. The van der Waals surface area contributed by atoms with Gasteiger partial charge in [-0.3, -0.25) is 10.2 Å². The minimum absolute atomic E-state index is 0.181. The second-order valence-corrected chi connectivity index (χ2v) is 1.47. The number of rotatable bonds is 0. The predicted molar refractivity (Wildman–Crippen MR) is 29.2 cm³/mol. The zero-order chi connectivity index (χ0) is 5.28. The molecule has 0 aliphatic carbocycles. The van der Waals surface area contributed by atoms with Crippen molar-refractivity contribution in [3.05, 3.63) is 0 Å². The van der Waals surface area contributed by atoms with Gasteiger partial charge in [-0.1, -0.05) is 12.2 Å². The van der Waals surface area contributed by atoms with E-state index in [0.29, 0.717) is 0 Å². The van der Waals surface area contributed by atoms with E-state index in [4.69, 9.17) is 0 Å². The number of carbonyl (C=O) groups excluding carboxylic acids is 1. The highest BCUT2D eigenvalue weighted by molar-refractivity contribution is 7.82. The van der Waals surface area contributed by atoms with E-state index in [-0.39, 0.29) is 10.8 Å². The monoisotopic (exact) mass is 114 g/mol. The maximum Gasteiger partial charge on any atom is 0.234 e. The van der Waals surface area contributed by atoms with Gasteiger partial charge in [-0.2, -0.15) is 5.10 Å². The number of nitrogens with one attached hydrogen (secondary N) is 1. The number of hydrazone groups is 1. The Morgan fingerprint density at radius 3 is 2.71 bits per heavy atom. The van der Waals surface area contributed by atoms with Gasteiger partial charge in [0.1, 0.15) is 0 Å². The van der Waals surface area contributed by atoms with Crippen molar-refractivity contribution in [3.63, 3.8) is 0 Å². The molecule has 36 valence electrons. The Kier molecular flexibility index (Phi) is 0.867. The summed E-state index contributed by atoms with van der Waals surface area (Å²) in [7, 11) is 0. The van der Waals surface area contributed by atoms with Crippen LogP contribution in [-0.2, 0) is 4.79 Å². The first-order valence-electron chi connectivity index (χ1n) is 1.68. The Morgan fingerprint density at radius 1 is 1.86 bits per heavy atom. The van der Waals surface area contributed by atoms with E-state index in [0.717, 1.165) is 6.21 Å². The van der Waals surface area contributed by atoms with E-state index in [2.05, 4.69) is 22.7 Å². The van der Waals surface area contributed by atoms with Crippen LogP contribution in [-0.4, -0.2) is 17.0 Å². The van der Waals surface area contributed by atoms with Crippen molar-refractivity contribution in [1.82, 2.24) is 5.43 Å². The number of Topliss-reactive ketones (excluding diaryl/α,β-unsaturated/α-hetero) is 1. The first-order chi connectivity index (χ1) is 3.30. The lowest BCUT2D eigenvalue weighted by molar-refractivity contribution is -0.106. The molecule has 1 N–H and O–H groups in total. The number of thiocarbonyl (C=S) groups is 1. The number of carbonyl (C=O) groups is 1. The van der Waals surface area contributed by atoms with Crippen molar-refractivity contribution in [1.29, 1.82) is 0 Å². The molecule has 0 spiro atoms. The Bertz CT molecular complexity index is 151. The molecule has 0 aromatic heterocycles. The highest BCUT2D eigenvalue weighted by Crippen LogP contribution is 1.80. The second kappa shape index (κ2) is 1.38. The van der Waals surface area contributed by atoms with E-state index in [1.807, 2.05) is 0 Å². The molecule has 0 amide bonds. The molecule has 0 bridgehead atoms. The van der Waals surface area contributed by atoms with Crippen LogP contribution in [0.3, 0.4) is 0 Å². The zero-order valence-corrected chi connectivity index (χ0v) is 4.16. The van der Waals surface area contributed by atoms with Crippen LogP contribution in [0.25, 0.3) is 0 Å². The van der Waals surface area contributed by atoms with Crippen LogP contribution in [0.5, 0.6) is 0 Å². The van der Waals surface area contributed by atoms with Crippen LogP contribution in [0.1, 0.15) is 0 Å². The lowest BCUT2D eigenvalue weighted by atomic mass is 10.5. The third kappa shape index (κ3) is 0.640. The largest absolute Gasteiger partial charge is 0.285 e. The van der Waals surface area contributed by atoms with E-state index < -0.39 is 0 Å². The van der Waals surface area contributed by atoms with Gasteiger partial charge in [0.05, 0.1) is 6.21 Å². The minimum atomic E-state index is -0.213. The lowest BCUT2D eigenvalue weighted by Gasteiger charge is -1.80. The summed E-state index contributed by atoms with van der Waals surface area (Å²) in [6.45, 7) is 0. The van der Waals surface area contributed by atoms with E-state index in [1.165, 1.54) is 0 Å². The molecule has 1 aliphatic heterocycles. The summed E-state index contributed by atoms with van der Waals surface area (Å²) in [5.74, 6) is -0.213. The van der Waals surface area contributed by atoms with Crippen molar-refractivity contribution in [3.8, 4) is 0 Å². The quantitative estimate of drug-likeness (QED) is 0.430. The highest BCUT2D eigenvalue weighted by Gasteiger charge is 2.09. The average Bonchev–Trinajstić information content (AvgIpc) is 1.91. The fraction of sp³-hybridized carbons (Fsp3) is 0. The molecule has 0 radical (unpaired) electrons. The molecular weight excluding hydrogens is 112 g/mol. The van der Waals surface area contributed by atoms with E-state index >= 15 is 0 Å². The van der Waals surface area contributed by atoms with Gasteiger partial charge in [0, 0.05) is 0 Å². The molecule has 0 unspecified atom stereocenters. The van der Waals surface area contributed by atoms with Gasteiger partial charge >= 0.3 is 0 Å². The number of ketones is 1. The zero-order valence-electron chi connectivity index (χ0n) is 3.34. The second-order valence-electron chi connectivity index (χ2n) is 1.06. The summed E-state index contributed by atoms with van der Waals surface area (Å²) in [5, 5.41) is 3.38. The van der Waals surface area contributed by atoms with Crippen molar-refractivity contribution in [2.75, 3.05) is 0 Å². The number of hydrogen-bond donors (Lipinski definition) is 1. The summed E-state index contributed by atoms with van der Waals surface area (Å²) in [6, 6.07) is 0. The van der Waals surface area contributed by atoms with Crippen molar-refractivity contribution < 1.29 is 4.79 Å². The summed E-state index contributed by atoms with van der Waals surface area (Å²) >= 11 is 4.46. The maximum absolute atomic E-state index is 10.2. The fourth-order valence-corrected chi connectivity index (χ4v) is 0.369. The van der Waals surface area contributed by atoms with Gasteiger partial charge < -0.3 is 0 Å². The smallest absolute Gasteiger partial charge is 0.234 e. The van der Waals surface area contributed by atoms with Gasteiger partial charge in [0.25, 0.3) is 0 Å². The van der Waals surface area contributed by atoms with Crippen molar-refractivity contribution in [2.45, 2.75) is 0 Å². The highest BCUT2D eigenvalue weighted by atomic mass is 32.1. The molecule has 3 nitrogen and oxygen atoms in total. The van der Waals surface area contributed by atoms with Crippen LogP contribution < -0.4 is 5.43 Å². The normalized spacial score (nSPS) is 17.7. The molecule has 1 rings (SSSR count). The predicted octanol–water partition coefficient (Wildman–Crippen LogP) is -0.528. The topological polar surface area (TPSA) is 41.5 Å². The molecular formula is C3H2N2OS. The van der Waals surface area contributed by atoms with Gasteiger partial charge in [-0.05, 0) is 0 Å². The average molecular weight is 114 g/mol. The molecule has 1 aliphatic rings. The molecule has 0 aromatic carbocycles. The number of nitrogens with zero attached hydrogens (tertiary/aromatic N) is 1. The summed E-state index contributed by atoms with van der Waals surface area (Å²) in [6.07, 6.45) is 1.16. The molecule has 1 heterocycles. The third-order valence-corrected chi connectivity index (χ3v) is 0.864. The minimum Gasteiger partial charge on any atom is -0.285 e.